The third kappa shape index (κ3) is 9.21. The number of aromatic hydroxyl groups is 1. The Hall–Kier alpha value is -4.59. The van der Waals surface area contributed by atoms with Gasteiger partial charge in [-0.05, 0) is 96.9 Å². The van der Waals surface area contributed by atoms with Gasteiger partial charge in [0, 0.05) is 11.1 Å². The Morgan fingerprint density at radius 3 is 2.31 bits per heavy atom. The van der Waals surface area contributed by atoms with E-state index in [0.717, 1.165) is 6.07 Å². The summed E-state index contributed by atoms with van der Waals surface area (Å²) in [4.78, 5) is 12.4. The summed E-state index contributed by atoms with van der Waals surface area (Å²) in [6.07, 6.45) is 1.13. The number of nitrogens with one attached hydrogen (secondary N) is 2. The number of hydrogen-bond donors (Lipinski definition) is 4. The number of halogens is 1. The maximum Gasteiger partial charge on any atom is 0.294 e. The molecule has 4 N–H and O–H groups in total. The molecule has 51 heavy (non-hydrogen) atoms. The Morgan fingerprint density at radius 2 is 1.61 bits per heavy atom. The quantitative estimate of drug-likeness (QED) is 0.0636. The van der Waals surface area contributed by atoms with E-state index in [1.807, 2.05) is 6.92 Å². The number of aromatic nitrogens is 3. The molecule has 19 heteroatoms. The molecular formula is C32H32ClN7O8S3. The summed E-state index contributed by atoms with van der Waals surface area (Å²) in [6, 6.07) is 16.2. The molecule has 0 aliphatic heterocycles. The van der Waals surface area contributed by atoms with Crippen molar-refractivity contribution >= 4 is 88.1 Å². The number of aryl methyl sites for hydroxylation is 1. The molecule has 0 spiro atoms. The predicted octanol–water partition coefficient (Wildman–Crippen LogP) is 7.47. The van der Waals surface area contributed by atoms with Gasteiger partial charge in [-0.3, -0.25) is 8.74 Å². The normalized spacial score (nSPS) is 12.7. The van der Waals surface area contributed by atoms with Crippen LogP contribution < -0.4 is 10.6 Å². The highest BCUT2D eigenvalue weighted by Crippen LogP contribution is 2.44. The number of phenolic OH excluding ortho intramolecular Hbond substituents is 1. The zero-order chi connectivity index (χ0) is 36.9. The molecule has 0 bridgehead atoms. The molecule has 15 nitrogen and oxygen atoms in total. The number of rotatable bonds is 14. The molecule has 0 saturated carbocycles. The van der Waals surface area contributed by atoms with Crippen LogP contribution in [-0.4, -0.2) is 58.0 Å². The largest absolute Gasteiger partial charge is 0.505 e. The maximum atomic E-state index is 12.6. The fourth-order valence-corrected chi connectivity index (χ4v) is 7.77. The highest BCUT2D eigenvalue weighted by atomic mass is 35.5. The van der Waals surface area contributed by atoms with Crippen LogP contribution in [0.5, 0.6) is 5.75 Å². The van der Waals surface area contributed by atoms with Crippen LogP contribution in [0.25, 0.3) is 10.8 Å². The summed E-state index contributed by atoms with van der Waals surface area (Å²) in [5, 5.41) is 25.7. The van der Waals surface area contributed by atoms with Crippen molar-refractivity contribution < 1.29 is 34.9 Å². The highest BCUT2D eigenvalue weighted by molar-refractivity contribution is 7.91. The summed E-state index contributed by atoms with van der Waals surface area (Å²) in [5.41, 5.74) is 0.999. The first kappa shape index (κ1) is 37.7. The molecule has 1 heterocycles. The number of hydrogen-bond acceptors (Lipinski definition) is 14. The van der Waals surface area contributed by atoms with Crippen LogP contribution in [0, 0.1) is 6.92 Å². The van der Waals surface area contributed by atoms with Crippen LogP contribution in [0.15, 0.2) is 91.6 Å². The van der Waals surface area contributed by atoms with Crippen LogP contribution in [0.1, 0.15) is 32.3 Å². The Kier molecular flexibility index (Phi) is 11.6. The van der Waals surface area contributed by atoms with Gasteiger partial charge in [-0.2, -0.15) is 28.5 Å². The van der Waals surface area contributed by atoms with Gasteiger partial charge in [0.2, 0.25) is 17.2 Å². The molecule has 268 valence electrons. The summed E-state index contributed by atoms with van der Waals surface area (Å²) in [7, 11) is -8.25. The van der Waals surface area contributed by atoms with Crippen LogP contribution in [0.3, 0.4) is 0 Å². The van der Waals surface area contributed by atoms with Gasteiger partial charge in [-0.1, -0.05) is 26.0 Å². The minimum atomic E-state index is -4.73. The second kappa shape index (κ2) is 15.7. The number of benzene rings is 4. The lowest BCUT2D eigenvalue weighted by molar-refractivity contribution is 0.347. The molecular weight excluding hydrogens is 742 g/mol. The zero-order valence-corrected chi connectivity index (χ0v) is 30.6. The van der Waals surface area contributed by atoms with Gasteiger partial charge < -0.3 is 15.7 Å². The molecule has 0 aliphatic rings. The van der Waals surface area contributed by atoms with Crippen molar-refractivity contribution in [1.82, 2.24) is 15.0 Å². The predicted molar refractivity (Wildman–Crippen MR) is 194 cm³/mol. The van der Waals surface area contributed by atoms with Crippen molar-refractivity contribution in [3.63, 3.8) is 0 Å². The topological polar surface area (TPSA) is 222 Å². The molecule has 5 aromatic rings. The van der Waals surface area contributed by atoms with Crippen molar-refractivity contribution in [3.05, 3.63) is 77.6 Å². The van der Waals surface area contributed by atoms with E-state index in [0.29, 0.717) is 35.6 Å². The van der Waals surface area contributed by atoms with E-state index in [-0.39, 0.29) is 55.7 Å². The number of sulfone groups is 1. The Morgan fingerprint density at radius 1 is 0.882 bits per heavy atom. The molecule has 1 atom stereocenters. The van der Waals surface area contributed by atoms with Crippen LogP contribution >= 0.6 is 11.6 Å². The van der Waals surface area contributed by atoms with Crippen LogP contribution in [-0.2, 0) is 35.2 Å². The minimum absolute atomic E-state index is 0.00296. The Labute approximate surface area is 301 Å². The molecule has 1 aromatic heterocycles. The number of nitrogens with zero attached hydrogens (tertiary/aromatic N) is 5. The molecule has 0 aliphatic carbocycles. The average Bonchev–Trinajstić information content (AvgIpc) is 3.06. The van der Waals surface area contributed by atoms with E-state index in [4.69, 9.17) is 15.8 Å². The van der Waals surface area contributed by atoms with Crippen LogP contribution in [0.2, 0.25) is 5.28 Å². The Balaban J connectivity index is 1.54. The van der Waals surface area contributed by atoms with Crippen molar-refractivity contribution in [2.24, 2.45) is 10.2 Å². The second-order valence-electron chi connectivity index (χ2n) is 11.0. The number of anilines is 4. The minimum Gasteiger partial charge on any atom is -0.505 e. The number of azo groups is 1. The standard InChI is InChI=1S/C32H32ClN7O8S3/c1-4-12-48-49(42)23-10-6-8-21(16-23)34-31-36-30(33)37-32(38-31)35-26-18-25(51(45,46)47)15-20-14-19(3)28(29(41)27(20)26)40-39-22-9-7-11-24(17-22)50(43,44)13-5-2/h6-11,14-18,41H,4-5,12-13H2,1-3H3,(H,45,46,47)(H2,34,35,36,37,38). The molecule has 5 rings (SSSR count). The van der Waals surface area contributed by atoms with Gasteiger partial charge in [-0.15, -0.1) is 5.11 Å². The van der Waals surface area contributed by atoms with Crippen LogP contribution in [0.4, 0.5) is 34.6 Å². The van der Waals surface area contributed by atoms with E-state index >= 15 is 0 Å². The average molecular weight is 774 g/mol. The summed E-state index contributed by atoms with van der Waals surface area (Å²) in [6.45, 7) is 5.57. The summed E-state index contributed by atoms with van der Waals surface area (Å²) >= 11 is 4.52. The lowest BCUT2D eigenvalue weighted by atomic mass is 10.0. The number of phenols is 1. The maximum absolute atomic E-state index is 12.6. The van der Waals surface area contributed by atoms with Gasteiger partial charge in [0.25, 0.3) is 10.1 Å². The van der Waals surface area contributed by atoms with Gasteiger partial charge >= 0.3 is 0 Å². The molecule has 0 radical (unpaired) electrons. The van der Waals surface area contributed by atoms with Crippen molar-refractivity contribution in [3.8, 4) is 5.75 Å². The lowest BCUT2D eigenvalue weighted by Gasteiger charge is -2.15. The smallest absolute Gasteiger partial charge is 0.294 e. The molecule has 0 fully saturated rings. The first-order valence-corrected chi connectivity index (χ1v) is 19.9. The van der Waals surface area contributed by atoms with Gasteiger partial charge in [0.1, 0.15) is 5.69 Å². The van der Waals surface area contributed by atoms with Gasteiger partial charge in [0.15, 0.2) is 26.7 Å². The van der Waals surface area contributed by atoms with E-state index in [1.165, 1.54) is 30.3 Å². The molecule has 4 aromatic carbocycles. The third-order valence-electron chi connectivity index (χ3n) is 7.09. The van der Waals surface area contributed by atoms with Crippen molar-refractivity contribution in [2.75, 3.05) is 23.0 Å². The lowest BCUT2D eigenvalue weighted by Crippen LogP contribution is -2.06. The Bertz CT molecular complexity index is 2390. The highest BCUT2D eigenvalue weighted by Gasteiger charge is 2.21. The van der Waals surface area contributed by atoms with E-state index in [9.17, 15) is 30.7 Å². The molecule has 1 unspecified atom stereocenters. The monoisotopic (exact) mass is 773 g/mol. The first-order valence-electron chi connectivity index (χ1n) is 15.3. The van der Waals surface area contributed by atoms with E-state index in [2.05, 4.69) is 35.8 Å². The van der Waals surface area contributed by atoms with Crippen molar-refractivity contribution in [1.29, 1.82) is 0 Å². The molecule has 0 amide bonds. The van der Waals surface area contributed by atoms with Crippen molar-refractivity contribution in [2.45, 2.75) is 48.3 Å². The third-order valence-corrected chi connectivity index (χ3v) is 11.0. The molecule has 0 saturated heterocycles. The van der Waals surface area contributed by atoms with E-state index in [1.54, 1.807) is 44.2 Å². The SMILES string of the molecule is CCCOS(=O)c1cccc(Nc2nc(Cl)nc(Nc3cc(S(=O)(=O)O)cc4cc(C)c(N=Nc5cccc(S(=O)(=O)CCC)c5)c(O)c34)n2)c1. The van der Waals surface area contributed by atoms with Gasteiger partial charge in [-0.25, -0.2) is 12.6 Å². The van der Waals surface area contributed by atoms with Gasteiger partial charge in [0.05, 0.1) is 38.4 Å². The van der Waals surface area contributed by atoms with E-state index < -0.39 is 41.7 Å². The summed E-state index contributed by atoms with van der Waals surface area (Å²) < 4.78 is 77.3. The fourth-order valence-electron chi connectivity index (χ4n) is 4.85. The second-order valence-corrected chi connectivity index (χ2v) is 16.1. The first-order chi connectivity index (χ1) is 24.2. The zero-order valence-electron chi connectivity index (χ0n) is 27.4. The fraction of sp³-hybridized carbons (Fsp3) is 0.219. The number of fused-ring (bicyclic) bond motifs is 1. The summed E-state index contributed by atoms with van der Waals surface area (Å²) in [5.74, 6) is -0.664.